The molecule has 0 N–H and O–H groups in total. The average molecular weight is 412 g/mol. The van der Waals surface area contributed by atoms with Crippen LogP contribution in [0.2, 0.25) is 0 Å². The molecular formula is C23H28N2O5. The third-order valence-electron chi connectivity index (χ3n) is 5.58. The molecule has 0 spiro atoms. The number of fused-ring (bicyclic) bond motifs is 1. The number of likely N-dealkylation sites (tertiary alicyclic amines) is 1. The molecule has 1 saturated heterocycles. The summed E-state index contributed by atoms with van der Waals surface area (Å²) >= 11 is 0. The summed E-state index contributed by atoms with van der Waals surface area (Å²) in [6, 6.07) is 11.8. The van der Waals surface area contributed by atoms with Crippen LogP contribution in [0.15, 0.2) is 36.4 Å². The van der Waals surface area contributed by atoms with Gasteiger partial charge in [-0.15, -0.1) is 0 Å². The molecular weight excluding hydrogens is 384 g/mol. The number of carbonyl (C=O) groups is 1. The van der Waals surface area contributed by atoms with Gasteiger partial charge >= 0.3 is 0 Å². The van der Waals surface area contributed by atoms with Crippen molar-refractivity contribution < 1.29 is 23.7 Å². The lowest BCUT2D eigenvalue weighted by Gasteiger charge is -2.32. The number of hydrogen-bond acceptors (Lipinski definition) is 6. The molecule has 0 saturated carbocycles. The van der Waals surface area contributed by atoms with Gasteiger partial charge in [-0.2, -0.15) is 0 Å². The fourth-order valence-corrected chi connectivity index (χ4v) is 4.00. The number of hydrogen-bond donors (Lipinski definition) is 0. The van der Waals surface area contributed by atoms with Gasteiger partial charge in [0.25, 0.3) is 0 Å². The first kappa shape index (κ1) is 20.2. The molecule has 160 valence electrons. The van der Waals surface area contributed by atoms with E-state index in [2.05, 4.69) is 4.90 Å². The zero-order chi connectivity index (χ0) is 21.1. The Hall–Kier alpha value is -3.09. The molecule has 2 aliphatic rings. The maximum Gasteiger partial charge on any atom is 0.222 e. The second kappa shape index (κ2) is 8.73. The number of amides is 1. The van der Waals surface area contributed by atoms with Gasteiger partial charge in [0.15, 0.2) is 11.5 Å². The lowest BCUT2D eigenvalue weighted by molar-refractivity contribution is -0.130. The minimum absolute atomic E-state index is 0.0117. The molecule has 2 aromatic carbocycles. The molecule has 1 fully saturated rings. The number of anilines is 2. The van der Waals surface area contributed by atoms with Crippen molar-refractivity contribution >= 4 is 17.3 Å². The van der Waals surface area contributed by atoms with E-state index in [1.807, 2.05) is 48.2 Å². The Kier molecular flexibility index (Phi) is 5.88. The van der Waals surface area contributed by atoms with Crippen molar-refractivity contribution in [2.45, 2.75) is 25.9 Å². The van der Waals surface area contributed by atoms with Crippen LogP contribution in [0.1, 0.15) is 19.8 Å². The summed E-state index contributed by atoms with van der Waals surface area (Å²) in [5.74, 6) is 3.15. The average Bonchev–Trinajstić information content (AvgIpc) is 3.26. The van der Waals surface area contributed by atoms with E-state index in [1.54, 1.807) is 14.2 Å². The summed E-state index contributed by atoms with van der Waals surface area (Å²) in [6.07, 6.45) is 1.39. The number of carbonyl (C=O) groups excluding carboxylic acids is 1. The number of nitrogens with zero attached hydrogens (tertiary/aromatic N) is 2. The van der Waals surface area contributed by atoms with Crippen LogP contribution in [-0.2, 0) is 4.79 Å². The highest BCUT2D eigenvalue weighted by Crippen LogP contribution is 2.41. The fourth-order valence-electron chi connectivity index (χ4n) is 4.00. The van der Waals surface area contributed by atoms with E-state index in [-0.39, 0.29) is 12.0 Å². The maximum absolute atomic E-state index is 11.9. The summed E-state index contributed by atoms with van der Waals surface area (Å²) in [4.78, 5) is 16.0. The van der Waals surface area contributed by atoms with Gasteiger partial charge in [0, 0.05) is 37.2 Å². The van der Waals surface area contributed by atoms with Gasteiger partial charge in [-0.05, 0) is 24.3 Å². The largest absolute Gasteiger partial charge is 0.493 e. The highest BCUT2D eigenvalue weighted by Gasteiger charge is 2.28. The van der Waals surface area contributed by atoms with Crippen LogP contribution in [0, 0.1) is 0 Å². The molecule has 7 nitrogen and oxygen atoms in total. The Labute approximate surface area is 177 Å². The van der Waals surface area contributed by atoms with Gasteiger partial charge in [0.1, 0.15) is 24.2 Å². The highest BCUT2D eigenvalue weighted by molar-refractivity contribution is 5.76. The molecule has 0 aromatic heterocycles. The molecule has 1 atom stereocenters. The molecule has 2 aliphatic heterocycles. The van der Waals surface area contributed by atoms with Crippen molar-refractivity contribution in [1.29, 1.82) is 0 Å². The van der Waals surface area contributed by atoms with Gasteiger partial charge in [0.05, 0.1) is 33.0 Å². The summed E-state index contributed by atoms with van der Waals surface area (Å²) in [5, 5.41) is 0. The lowest BCUT2D eigenvalue weighted by Crippen LogP contribution is -2.30. The molecule has 30 heavy (non-hydrogen) atoms. The van der Waals surface area contributed by atoms with E-state index in [0.29, 0.717) is 37.6 Å². The van der Waals surface area contributed by atoms with Gasteiger partial charge in [-0.25, -0.2) is 0 Å². The Balaban J connectivity index is 1.56. The SMILES string of the molecule is CCC(=O)N1CCC(Oc2ccc3c(c2)N(c2ccc(OC)c(OC)c2)CCO3)C1. The Bertz CT molecular complexity index is 916. The minimum atomic E-state index is 0.0117. The quantitative estimate of drug-likeness (QED) is 0.722. The Morgan fingerprint density at radius 1 is 1.10 bits per heavy atom. The van der Waals surface area contributed by atoms with Gasteiger partial charge in [0.2, 0.25) is 5.91 Å². The third-order valence-corrected chi connectivity index (χ3v) is 5.58. The van der Waals surface area contributed by atoms with Crippen molar-refractivity contribution in [3.8, 4) is 23.0 Å². The smallest absolute Gasteiger partial charge is 0.222 e. The molecule has 1 amide bonds. The van der Waals surface area contributed by atoms with Gasteiger partial charge < -0.3 is 28.7 Å². The predicted octanol–water partition coefficient (Wildman–Crippen LogP) is 3.62. The number of rotatable bonds is 6. The van der Waals surface area contributed by atoms with Crippen LogP contribution in [0.25, 0.3) is 0 Å². The van der Waals surface area contributed by atoms with Crippen molar-refractivity contribution in [2.75, 3.05) is 45.4 Å². The monoisotopic (exact) mass is 412 g/mol. The first-order chi connectivity index (χ1) is 14.6. The van der Waals surface area contributed by atoms with Crippen molar-refractivity contribution in [3.63, 3.8) is 0 Å². The van der Waals surface area contributed by atoms with Crippen molar-refractivity contribution in [1.82, 2.24) is 4.90 Å². The fraction of sp³-hybridized carbons (Fsp3) is 0.435. The van der Waals surface area contributed by atoms with Crippen LogP contribution in [0.3, 0.4) is 0 Å². The van der Waals surface area contributed by atoms with E-state index >= 15 is 0 Å². The molecule has 2 aromatic rings. The number of methoxy groups -OCH3 is 2. The number of benzene rings is 2. The summed E-state index contributed by atoms with van der Waals surface area (Å²) in [6.45, 7) is 4.60. The standard InChI is InChI=1S/C23H28N2O5/c1-4-23(26)24-10-9-18(15-24)30-17-6-8-20-19(14-17)25(11-12-29-20)16-5-7-21(27-2)22(13-16)28-3/h5-8,13-14,18H,4,9-12,15H2,1-3H3. The molecule has 2 heterocycles. The van der Waals surface area contributed by atoms with E-state index in [9.17, 15) is 4.79 Å². The molecule has 1 unspecified atom stereocenters. The van der Waals surface area contributed by atoms with E-state index in [0.717, 1.165) is 35.8 Å². The van der Waals surface area contributed by atoms with Crippen LogP contribution in [0.4, 0.5) is 11.4 Å². The zero-order valence-electron chi connectivity index (χ0n) is 17.7. The minimum Gasteiger partial charge on any atom is -0.493 e. The Morgan fingerprint density at radius 3 is 2.70 bits per heavy atom. The van der Waals surface area contributed by atoms with Crippen molar-refractivity contribution in [2.24, 2.45) is 0 Å². The van der Waals surface area contributed by atoms with Crippen molar-refractivity contribution in [3.05, 3.63) is 36.4 Å². The highest BCUT2D eigenvalue weighted by atomic mass is 16.5. The van der Waals surface area contributed by atoms with Crippen LogP contribution in [-0.4, -0.2) is 57.4 Å². The first-order valence-corrected chi connectivity index (χ1v) is 10.3. The zero-order valence-corrected chi connectivity index (χ0v) is 17.7. The molecule has 4 rings (SSSR count). The molecule has 0 bridgehead atoms. The number of ether oxygens (including phenoxy) is 4. The Morgan fingerprint density at radius 2 is 1.93 bits per heavy atom. The second-order valence-electron chi connectivity index (χ2n) is 7.39. The van der Waals surface area contributed by atoms with Crippen LogP contribution < -0.4 is 23.8 Å². The van der Waals surface area contributed by atoms with Crippen LogP contribution in [0.5, 0.6) is 23.0 Å². The first-order valence-electron chi connectivity index (χ1n) is 10.3. The van der Waals surface area contributed by atoms with Crippen LogP contribution >= 0.6 is 0 Å². The summed E-state index contributed by atoms with van der Waals surface area (Å²) in [7, 11) is 3.26. The second-order valence-corrected chi connectivity index (χ2v) is 7.39. The van der Waals surface area contributed by atoms with Gasteiger partial charge in [-0.3, -0.25) is 4.79 Å². The molecule has 0 aliphatic carbocycles. The predicted molar refractivity (Wildman–Crippen MR) is 114 cm³/mol. The maximum atomic E-state index is 11.9. The third kappa shape index (κ3) is 3.97. The topological polar surface area (TPSA) is 60.5 Å². The normalized spacial score (nSPS) is 17.9. The van der Waals surface area contributed by atoms with Gasteiger partial charge in [-0.1, -0.05) is 6.92 Å². The molecule has 0 radical (unpaired) electrons. The molecule has 7 heteroatoms. The lowest BCUT2D eigenvalue weighted by atomic mass is 10.1. The van der Waals surface area contributed by atoms with E-state index < -0.39 is 0 Å². The van der Waals surface area contributed by atoms with E-state index in [4.69, 9.17) is 18.9 Å². The summed E-state index contributed by atoms with van der Waals surface area (Å²) < 4.78 is 22.9. The summed E-state index contributed by atoms with van der Waals surface area (Å²) in [5.41, 5.74) is 1.94. The van der Waals surface area contributed by atoms with E-state index in [1.165, 1.54) is 0 Å².